The van der Waals surface area contributed by atoms with E-state index in [1.165, 1.54) is 77.9 Å². The van der Waals surface area contributed by atoms with E-state index in [-0.39, 0.29) is 64.8 Å². The third kappa shape index (κ3) is 5.30. The number of carbonyl (C=O) groups is 1. The number of aryl methyl sites for hydroxylation is 6. The molecule has 14 heteroatoms. The van der Waals surface area contributed by atoms with E-state index >= 15 is 0 Å². The normalized spacial score (nSPS) is 12.9. The van der Waals surface area contributed by atoms with Gasteiger partial charge in [-0.1, -0.05) is 36.4 Å². The second-order valence-corrected chi connectivity index (χ2v) is 14.6. The first-order valence-electron chi connectivity index (χ1n) is 11.8. The number of rotatable bonds is 7. The summed E-state index contributed by atoms with van der Waals surface area (Å²) >= 11 is 0. The zero-order valence-corrected chi connectivity index (χ0v) is 25.3. The molecule has 0 saturated heterocycles. The van der Waals surface area contributed by atoms with Gasteiger partial charge in [-0.2, -0.15) is 0 Å². The van der Waals surface area contributed by atoms with E-state index in [9.17, 15) is 30.0 Å². The van der Waals surface area contributed by atoms with Crippen molar-refractivity contribution >= 4 is 36.0 Å². The van der Waals surface area contributed by atoms with Crippen LogP contribution in [0.3, 0.4) is 0 Å². The van der Waals surface area contributed by atoms with Crippen molar-refractivity contribution < 1.29 is 30.0 Å². The Bertz CT molecular complexity index is 1640. The van der Waals surface area contributed by atoms with Crippen molar-refractivity contribution in [3.63, 3.8) is 0 Å². The number of sulfonamides is 3. The molecule has 3 aromatic carbocycles. The molecule has 0 spiro atoms. The quantitative estimate of drug-likeness (QED) is 0.287. The van der Waals surface area contributed by atoms with E-state index in [2.05, 4.69) is 0 Å². The zero-order chi connectivity index (χ0) is 30.7. The van der Waals surface area contributed by atoms with Crippen molar-refractivity contribution in [2.75, 3.05) is 0 Å². The topological polar surface area (TPSA) is 224 Å². The average molecular weight is 609 g/mol. The number of benzene rings is 3. The van der Waals surface area contributed by atoms with Crippen LogP contribution in [0, 0.1) is 41.5 Å². The largest absolute Gasteiger partial charge is 0.368 e. The number of primary amides is 1. The van der Waals surface area contributed by atoms with Crippen LogP contribution in [0.5, 0.6) is 0 Å². The van der Waals surface area contributed by atoms with Crippen LogP contribution in [-0.2, 0) is 40.3 Å². The predicted octanol–water partition coefficient (Wildman–Crippen LogP) is 1.30. The van der Waals surface area contributed by atoms with Crippen molar-refractivity contribution in [2.45, 2.75) is 61.6 Å². The van der Waals surface area contributed by atoms with E-state index in [0.717, 1.165) is 0 Å². The Hall–Kier alpha value is -3.14. The summed E-state index contributed by atoms with van der Waals surface area (Å²) in [6, 6.07) is 8.80. The molecule has 0 radical (unpaired) electrons. The minimum atomic E-state index is -4.12. The Morgan fingerprint density at radius 3 is 0.800 bits per heavy atom. The standard InChI is InChI=1S/C26H32N4O7S3/c1-13-7-19(8-14(2)22(13)38(28,32)33)26(25(27)31,20-9-15(3)23(16(4)10-20)39(29,34)35)21-11-17(5)24(18(6)12-21)40(30,36)37/h7-12H,1-6H3,(H2,27,31)(H2,28,32,33)(H2,29,34,35)(H2,30,36,37). The first kappa shape index (κ1) is 31.4. The van der Waals surface area contributed by atoms with Crippen LogP contribution in [0.2, 0.25) is 0 Å². The molecular weight excluding hydrogens is 577 g/mol. The Balaban J connectivity index is 2.65. The first-order chi connectivity index (χ1) is 18.0. The Kier molecular flexibility index (Phi) is 7.88. The fraction of sp³-hybridized carbons (Fsp3) is 0.269. The van der Waals surface area contributed by atoms with E-state index in [1.54, 1.807) is 0 Å². The molecule has 40 heavy (non-hydrogen) atoms. The van der Waals surface area contributed by atoms with Gasteiger partial charge in [-0.3, -0.25) is 4.79 Å². The van der Waals surface area contributed by atoms with Gasteiger partial charge in [-0.15, -0.1) is 0 Å². The molecule has 0 saturated carbocycles. The van der Waals surface area contributed by atoms with Gasteiger partial charge >= 0.3 is 0 Å². The maximum atomic E-state index is 13.7. The van der Waals surface area contributed by atoms with Crippen molar-refractivity contribution in [1.82, 2.24) is 0 Å². The summed E-state index contributed by atoms with van der Waals surface area (Å²) in [6.45, 7) is 9.10. The van der Waals surface area contributed by atoms with Crippen LogP contribution in [0.1, 0.15) is 50.1 Å². The van der Waals surface area contributed by atoms with Gasteiger partial charge in [-0.25, -0.2) is 40.7 Å². The lowest BCUT2D eigenvalue weighted by atomic mass is 9.67. The van der Waals surface area contributed by atoms with E-state index < -0.39 is 41.4 Å². The highest BCUT2D eigenvalue weighted by molar-refractivity contribution is 7.89. The van der Waals surface area contributed by atoms with Gasteiger partial charge in [0.2, 0.25) is 36.0 Å². The van der Waals surface area contributed by atoms with E-state index in [4.69, 9.17) is 21.2 Å². The number of carbonyl (C=O) groups excluding carboxylic acids is 1. The molecule has 0 heterocycles. The second-order valence-electron chi connectivity index (χ2n) is 10.1. The zero-order valence-electron chi connectivity index (χ0n) is 22.9. The van der Waals surface area contributed by atoms with Crippen LogP contribution >= 0.6 is 0 Å². The highest BCUT2D eigenvalue weighted by atomic mass is 32.2. The number of primary sulfonamides is 3. The maximum Gasteiger partial charge on any atom is 0.238 e. The summed E-state index contributed by atoms with van der Waals surface area (Å²) in [5.41, 5.74) is 6.56. The third-order valence-electron chi connectivity index (χ3n) is 6.90. The molecule has 0 fully saturated rings. The van der Waals surface area contributed by atoms with Gasteiger partial charge in [0.25, 0.3) is 0 Å². The van der Waals surface area contributed by atoms with Crippen LogP contribution < -0.4 is 21.2 Å². The Labute approximate surface area is 234 Å². The number of hydrogen-bond acceptors (Lipinski definition) is 7. The first-order valence-corrected chi connectivity index (χ1v) is 16.4. The maximum absolute atomic E-state index is 13.7. The lowest BCUT2D eigenvalue weighted by Crippen LogP contribution is -2.44. The number of hydrogen-bond donors (Lipinski definition) is 4. The highest BCUT2D eigenvalue weighted by Gasteiger charge is 2.44. The minimum Gasteiger partial charge on any atom is -0.368 e. The summed E-state index contributed by atoms with van der Waals surface area (Å²) in [5, 5.41) is 16.3. The van der Waals surface area contributed by atoms with Crippen LogP contribution in [0.15, 0.2) is 51.1 Å². The molecule has 3 rings (SSSR count). The van der Waals surface area contributed by atoms with Crippen LogP contribution in [-0.4, -0.2) is 31.2 Å². The van der Waals surface area contributed by atoms with Crippen LogP contribution in [0.25, 0.3) is 0 Å². The van der Waals surface area contributed by atoms with Gasteiger partial charge in [0.15, 0.2) is 0 Å². The molecule has 11 nitrogen and oxygen atoms in total. The Morgan fingerprint density at radius 2 is 0.675 bits per heavy atom. The van der Waals surface area contributed by atoms with Crippen molar-refractivity contribution in [3.8, 4) is 0 Å². The molecule has 0 aromatic heterocycles. The lowest BCUT2D eigenvalue weighted by Gasteiger charge is -2.35. The average Bonchev–Trinajstić information content (AvgIpc) is 2.69. The molecule has 3 aromatic rings. The SMILES string of the molecule is Cc1cc(C(C(N)=O)(c2cc(C)c(S(N)(=O)=O)c(C)c2)c2cc(C)c(S(N)(=O)=O)c(C)c2)cc(C)c1S(N)(=O)=O. The summed E-state index contributed by atoms with van der Waals surface area (Å²) in [6.07, 6.45) is 0. The summed E-state index contributed by atoms with van der Waals surface area (Å²) in [4.78, 5) is 13.4. The molecule has 0 aliphatic rings. The smallest absolute Gasteiger partial charge is 0.238 e. The summed E-state index contributed by atoms with van der Waals surface area (Å²) in [7, 11) is -12.4. The van der Waals surface area contributed by atoms with Crippen molar-refractivity contribution in [1.29, 1.82) is 0 Å². The molecule has 0 aliphatic carbocycles. The van der Waals surface area contributed by atoms with Crippen molar-refractivity contribution in [2.24, 2.45) is 21.2 Å². The molecule has 1 amide bonds. The molecule has 216 valence electrons. The van der Waals surface area contributed by atoms with Crippen LogP contribution in [0.4, 0.5) is 0 Å². The monoisotopic (exact) mass is 608 g/mol. The Morgan fingerprint density at radius 1 is 0.500 bits per heavy atom. The van der Waals surface area contributed by atoms with Gasteiger partial charge in [0.05, 0.1) is 14.7 Å². The number of nitrogens with two attached hydrogens (primary N) is 4. The fourth-order valence-electron chi connectivity index (χ4n) is 5.77. The third-order valence-corrected chi connectivity index (χ3v) is 10.5. The molecular formula is C26H32N4O7S3. The number of amides is 1. The molecule has 0 aliphatic heterocycles. The van der Waals surface area contributed by atoms with Gasteiger partial charge in [0, 0.05) is 0 Å². The van der Waals surface area contributed by atoms with Gasteiger partial charge in [0.1, 0.15) is 5.41 Å². The summed E-state index contributed by atoms with van der Waals surface area (Å²) in [5.74, 6) is -0.890. The molecule has 8 N–H and O–H groups in total. The molecule has 0 bridgehead atoms. The molecule has 0 unspecified atom stereocenters. The van der Waals surface area contributed by atoms with Gasteiger partial charge < -0.3 is 5.73 Å². The second kappa shape index (κ2) is 10.0. The van der Waals surface area contributed by atoms with E-state index in [0.29, 0.717) is 0 Å². The lowest BCUT2D eigenvalue weighted by molar-refractivity contribution is -0.120. The van der Waals surface area contributed by atoms with Gasteiger partial charge in [-0.05, 0) is 91.6 Å². The minimum absolute atomic E-state index is 0.122. The predicted molar refractivity (Wildman–Crippen MR) is 151 cm³/mol. The fourth-order valence-corrected chi connectivity index (χ4v) is 8.82. The summed E-state index contributed by atoms with van der Waals surface area (Å²) < 4.78 is 73.8. The van der Waals surface area contributed by atoms with Crippen molar-refractivity contribution in [3.05, 3.63) is 86.5 Å². The molecule has 0 atom stereocenters. The highest BCUT2D eigenvalue weighted by Crippen LogP contribution is 2.44. The van der Waals surface area contributed by atoms with E-state index in [1.807, 2.05) is 0 Å².